The summed E-state index contributed by atoms with van der Waals surface area (Å²) >= 11 is 1.77. The zero-order valence-corrected chi connectivity index (χ0v) is 13.8. The average Bonchev–Trinajstić information content (AvgIpc) is 2.87. The molecule has 1 amide bonds. The molecule has 0 spiro atoms. The van der Waals surface area contributed by atoms with Crippen LogP contribution in [0.1, 0.15) is 35.9 Å². The van der Waals surface area contributed by atoms with Crippen LogP contribution in [0.25, 0.3) is 0 Å². The third kappa shape index (κ3) is 3.85. The van der Waals surface area contributed by atoms with Gasteiger partial charge in [-0.15, -0.1) is 11.3 Å². The zero-order valence-electron chi connectivity index (χ0n) is 13.0. The fourth-order valence-corrected chi connectivity index (χ4v) is 3.23. The SMILES string of the molecule is CC(=O)N(C)Cc1ccccc1NC(C)c1sccc1C. The van der Waals surface area contributed by atoms with Gasteiger partial charge in [-0.1, -0.05) is 18.2 Å². The summed E-state index contributed by atoms with van der Waals surface area (Å²) in [5.41, 5.74) is 3.54. The van der Waals surface area contributed by atoms with Crippen LogP contribution in [0.15, 0.2) is 35.7 Å². The van der Waals surface area contributed by atoms with Gasteiger partial charge in [0.25, 0.3) is 0 Å². The Morgan fingerprint density at radius 1 is 1.33 bits per heavy atom. The van der Waals surface area contributed by atoms with E-state index in [9.17, 15) is 4.79 Å². The number of hydrogen-bond donors (Lipinski definition) is 1. The summed E-state index contributed by atoms with van der Waals surface area (Å²) in [6.07, 6.45) is 0. The first-order valence-corrected chi connectivity index (χ1v) is 7.97. The molecule has 21 heavy (non-hydrogen) atoms. The highest BCUT2D eigenvalue weighted by atomic mass is 32.1. The standard InChI is InChI=1S/C17H22N2OS/c1-12-9-10-21-17(12)13(2)18-16-8-6-5-7-15(16)11-19(4)14(3)20/h5-10,13,18H,11H2,1-4H3. The number of nitrogens with one attached hydrogen (secondary N) is 1. The van der Waals surface area contributed by atoms with Gasteiger partial charge in [0.15, 0.2) is 0 Å². The molecule has 112 valence electrons. The summed E-state index contributed by atoms with van der Waals surface area (Å²) in [6, 6.07) is 10.6. The largest absolute Gasteiger partial charge is 0.377 e. The minimum Gasteiger partial charge on any atom is -0.377 e. The molecule has 0 saturated carbocycles. The van der Waals surface area contributed by atoms with Crippen molar-refractivity contribution in [2.45, 2.75) is 33.4 Å². The lowest BCUT2D eigenvalue weighted by atomic mass is 10.1. The second-order valence-corrected chi connectivity index (χ2v) is 6.31. The molecule has 0 fully saturated rings. The van der Waals surface area contributed by atoms with Crippen LogP contribution in [-0.2, 0) is 11.3 Å². The summed E-state index contributed by atoms with van der Waals surface area (Å²) in [7, 11) is 1.83. The van der Waals surface area contributed by atoms with Gasteiger partial charge in [-0.2, -0.15) is 0 Å². The minimum atomic E-state index is 0.0759. The number of benzene rings is 1. The number of anilines is 1. The van der Waals surface area contributed by atoms with Crippen LogP contribution in [0.2, 0.25) is 0 Å². The van der Waals surface area contributed by atoms with E-state index in [-0.39, 0.29) is 11.9 Å². The lowest BCUT2D eigenvalue weighted by molar-refractivity contribution is -0.128. The summed E-state index contributed by atoms with van der Waals surface area (Å²) < 4.78 is 0. The van der Waals surface area contributed by atoms with Crippen molar-refractivity contribution in [2.24, 2.45) is 0 Å². The van der Waals surface area contributed by atoms with Crippen LogP contribution in [0.3, 0.4) is 0 Å². The minimum absolute atomic E-state index is 0.0759. The van der Waals surface area contributed by atoms with Crippen molar-refractivity contribution < 1.29 is 4.79 Å². The Labute approximate surface area is 130 Å². The topological polar surface area (TPSA) is 32.3 Å². The van der Waals surface area contributed by atoms with Gasteiger partial charge in [0.05, 0.1) is 6.04 Å². The molecule has 0 aliphatic heterocycles. The second kappa shape index (κ2) is 6.76. The maximum absolute atomic E-state index is 11.4. The van der Waals surface area contributed by atoms with Crippen LogP contribution in [-0.4, -0.2) is 17.9 Å². The molecule has 1 aromatic carbocycles. The number of amides is 1. The fraction of sp³-hybridized carbons (Fsp3) is 0.353. The molecule has 1 heterocycles. The van der Waals surface area contributed by atoms with Crippen LogP contribution in [0, 0.1) is 6.92 Å². The van der Waals surface area contributed by atoms with Crippen molar-refractivity contribution in [3.05, 3.63) is 51.7 Å². The number of hydrogen-bond acceptors (Lipinski definition) is 3. The van der Waals surface area contributed by atoms with Crippen LogP contribution >= 0.6 is 11.3 Å². The van der Waals surface area contributed by atoms with E-state index < -0.39 is 0 Å². The zero-order chi connectivity index (χ0) is 15.4. The van der Waals surface area contributed by atoms with E-state index in [4.69, 9.17) is 0 Å². The van der Waals surface area contributed by atoms with E-state index in [1.54, 1.807) is 23.2 Å². The molecule has 1 unspecified atom stereocenters. The van der Waals surface area contributed by atoms with Gasteiger partial charge < -0.3 is 10.2 Å². The third-order valence-electron chi connectivity index (χ3n) is 3.63. The highest BCUT2D eigenvalue weighted by Crippen LogP contribution is 2.28. The molecule has 0 saturated heterocycles. The van der Waals surface area contributed by atoms with Gasteiger partial charge >= 0.3 is 0 Å². The molecule has 1 aromatic heterocycles. The smallest absolute Gasteiger partial charge is 0.219 e. The predicted molar refractivity (Wildman–Crippen MR) is 89.7 cm³/mol. The molecule has 2 aromatic rings. The van der Waals surface area contributed by atoms with E-state index in [1.807, 2.05) is 19.2 Å². The number of rotatable bonds is 5. The van der Waals surface area contributed by atoms with Crippen molar-refractivity contribution in [1.29, 1.82) is 0 Å². The van der Waals surface area contributed by atoms with Gasteiger partial charge in [0.1, 0.15) is 0 Å². The third-order valence-corrected chi connectivity index (χ3v) is 4.83. The number of carbonyl (C=O) groups excluding carboxylic acids is 1. The van der Waals surface area contributed by atoms with Crippen molar-refractivity contribution in [1.82, 2.24) is 4.90 Å². The van der Waals surface area contributed by atoms with E-state index in [2.05, 4.69) is 42.7 Å². The van der Waals surface area contributed by atoms with Gasteiger partial charge in [0.2, 0.25) is 5.91 Å². The molecular formula is C17H22N2OS. The first-order valence-electron chi connectivity index (χ1n) is 7.09. The van der Waals surface area contributed by atoms with Crippen LogP contribution in [0.5, 0.6) is 0 Å². The van der Waals surface area contributed by atoms with Gasteiger partial charge in [-0.25, -0.2) is 0 Å². The lowest BCUT2D eigenvalue weighted by Gasteiger charge is -2.21. The Morgan fingerprint density at radius 3 is 2.67 bits per heavy atom. The Kier molecular flexibility index (Phi) is 5.02. The number of carbonyl (C=O) groups is 1. The highest BCUT2D eigenvalue weighted by molar-refractivity contribution is 7.10. The van der Waals surface area contributed by atoms with Crippen LogP contribution in [0.4, 0.5) is 5.69 Å². The van der Waals surface area contributed by atoms with E-state index in [0.717, 1.165) is 11.3 Å². The molecule has 0 bridgehead atoms. The predicted octanol–water partition coefficient (Wildman–Crippen LogP) is 4.21. The van der Waals surface area contributed by atoms with Crippen molar-refractivity contribution in [2.75, 3.05) is 12.4 Å². The molecular weight excluding hydrogens is 280 g/mol. The van der Waals surface area contributed by atoms with Crippen molar-refractivity contribution >= 4 is 22.9 Å². The Balaban J connectivity index is 2.17. The molecule has 0 aliphatic carbocycles. The van der Waals surface area contributed by atoms with E-state index in [1.165, 1.54) is 10.4 Å². The summed E-state index contributed by atoms with van der Waals surface area (Å²) in [5.74, 6) is 0.0759. The lowest BCUT2D eigenvalue weighted by Crippen LogP contribution is -2.23. The quantitative estimate of drug-likeness (QED) is 0.897. The molecule has 0 aliphatic rings. The Hall–Kier alpha value is -1.81. The number of aryl methyl sites for hydroxylation is 1. The maximum atomic E-state index is 11.4. The maximum Gasteiger partial charge on any atom is 0.219 e. The summed E-state index contributed by atoms with van der Waals surface area (Å²) in [5, 5.41) is 5.69. The van der Waals surface area contributed by atoms with Gasteiger partial charge in [0, 0.05) is 31.1 Å². The number of thiophene rings is 1. The molecule has 0 radical (unpaired) electrons. The number of para-hydroxylation sites is 1. The van der Waals surface area contributed by atoms with Gasteiger partial charge in [-0.3, -0.25) is 4.79 Å². The Morgan fingerprint density at radius 2 is 2.05 bits per heavy atom. The Bertz CT molecular complexity index is 621. The molecule has 1 atom stereocenters. The summed E-state index contributed by atoms with van der Waals surface area (Å²) in [4.78, 5) is 14.5. The van der Waals surface area contributed by atoms with Crippen molar-refractivity contribution in [3.63, 3.8) is 0 Å². The average molecular weight is 302 g/mol. The first kappa shape index (κ1) is 15.6. The fourth-order valence-electron chi connectivity index (χ4n) is 2.29. The normalized spacial score (nSPS) is 12.0. The molecule has 3 nitrogen and oxygen atoms in total. The highest BCUT2D eigenvalue weighted by Gasteiger charge is 2.13. The molecule has 2 rings (SSSR count). The van der Waals surface area contributed by atoms with Crippen LogP contribution < -0.4 is 5.32 Å². The summed E-state index contributed by atoms with van der Waals surface area (Å²) in [6.45, 7) is 6.52. The second-order valence-electron chi connectivity index (χ2n) is 5.37. The molecule has 4 heteroatoms. The number of nitrogens with zero attached hydrogens (tertiary/aromatic N) is 1. The van der Waals surface area contributed by atoms with E-state index >= 15 is 0 Å². The first-order chi connectivity index (χ1) is 9.99. The van der Waals surface area contributed by atoms with E-state index in [0.29, 0.717) is 6.54 Å². The van der Waals surface area contributed by atoms with Gasteiger partial charge in [-0.05, 0) is 42.5 Å². The molecule has 1 N–H and O–H groups in total. The van der Waals surface area contributed by atoms with Crippen molar-refractivity contribution in [3.8, 4) is 0 Å². The monoisotopic (exact) mass is 302 g/mol.